The Kier molecular flexibility index (Phi) is 8.70. The molecule has 3 heterocycles. The number of fused-ring (bicyclic) bond motifs is 1. The SMILES string of the molecule is COc1ccc(CN(Cc2cccnc2)[C@H](c2cc3cc(OC)ccc3[nH]c2=O)c2nnnn2CCc2ccccc2)cc1. The van der Waals surface area contributed by atoms with Gasteiger partial charge in [-0.15, -0.1) is 5.10 Å². The lowest BCUT2D eigenvalue weighted by atomic mass is 10.0. The average molecular weight is 588 g/mol. The maximum absolute atomic E-state index is 13.9. The largest absolute Gasteiger partial charge is 0.497 e. The van der Waals surface area contributed by atoms with E-state index in [0.29, 0.717) is 36.8 Å². The predicted molar refractivity (Wildman–Crippen MR) is 167 cm³/mol. The molecule has 3 aromatic heterocycles. The van der Waals surface area contributed by atoms with Crippen molar-refractivity contribution in [2.45, 2.75) is 32.1 Å². The highest BCUT2D eigenvalue weighted by Crippen LogP contribution is 2.31. The average Bonchev–Trinajstić information content (AvgIpc) is 3.53. The molecule has 3 aromatic carbocycles. The van der Waals surface area contributed by atoms with Gasteiger partial charge in [-0.25, -0.2) is 4.68 Å². The number of hydrogen-bond acceptors (Lipinski definition) is 8. The Balaban J connectivity index is 1.49. The molecule has 0 spiro atoms. The van der Waals surface area contributed by atoms with Gasteiger partial charge in [0.05, 0.1) is 14.2 Å². The molecule has 222 valence electrons. The van der Waals surface area contributed by atoms with Crippen molar-refractivity contribution in [3.05, 3.63) is 142 Å². The van der Waals surface area contributed by atoms with Crippen LogP contribution in [0.2, 0.25) is 0 Å². The summed E-state index contributed by atoms with van der Waals surface area (Å²) >= 11 is 0. The first-order chi connectivity index (χ1) is 21.6. The number of aromatic amines is 1. The molecule has 0 aliphatic heterocycles. The van der Waals surface area contributed by atoms with Crippen LogP contribution in [0.15, 0.2) is 108 Å². The maximum Gasteiger partial charge on any atom is 0.253 e. The number of nitrogens with zero attached hydrogens (tertiary/aromatic N) is 6. The topological polar surface area (TPSA) is 111 Å². The van der Waals surface area contributed by atoms with Crippen molar-refractivity contribution in [1.29, 1.82) is 0 Å². The Morgan fingerprint density at radius 2 is 1.59 bits per heavy atom. The third-order valence-electron chi connectivity index (χ3n) is 7.65. The first-order valence-electron chi connectivity index (χ1n) is 14.4. The minimum absolute atomic E-state index is 0.212. The Labute approximate surface area is 254 Å². The number of benzene rings is 3. The van der Waals surface area contributed by atoms with E-state index in [4.69, 9.17) is 9.47 Å². The molecule has 0 aliphatic rings. The molecule has 1 N–H and O–H groups in total. The maximum atomic E-state index is 13.9. The Morgan fingerprint density at radius 1 is 0.841 bits per heavy atom. The van der Waals surface area contributed by atoms with E-state index in [1.54, 1.807) is 25.1 Å². The van der Waals surface area contributed by atoms with Crippen molar-refractivity contribution in [1.82, 2.24) is 35.1 Å². The van der Waals surface area contributed by atoms with Crippen molar-refractivity contribution in [3.63, 3.8) is 0 Å². The van der Waals surface area contributed by atoms with Gasteiger partial charge in [-0.05, 0) is 76.0 Å². The van der Waals surface area contributed by atoms with Gasteiger partial charge in [0.1, 0.15) is 17.5 Å². The highest BCUT2D eigenvalue weighted by Gasteiger charge is 2.31. The first kappa shape index (κ1) is 28.8. The van der Waals surface area contributed by atoms with Crippen LogP contribution in [0.25, 0.3) is 10.9 Å². The Hall–Kier alpha value is -5.35. The number of H-pyrrole nitrogens is 1. The summed E-state index contributed by atoms with van der Waals surface area (Å²) in [6, 6.07) is 29.0. The van der Waals surface area contributed by atoms with Gasteiger partial charge in [-0.3, -0.25) is 14.7 Å². The number of ether oxygens (including phenoxy) is 2. The van der Waals surface area contributed by atoms with E-state index in [0.717, 1.165) is 34.2 Å². The number of hydrogen-bond donors (Lipinski definition) is 1. The van der Waals surface area contributed by atoms with Crippen LogP contribution >= 0.6 is 0 Å². The quantitative estimate of drug-likeness (QED) is 0.214. The number of nitrogens with one attached hydrogen (secondary N) is 1. The number of aryl methyl sites for hydroxylation is 2. The fourth-order valence-electron chi connectivity index (χ4n) is 5.41. The van der Waals surface area contributed by atoms with Crippen molar-refractivity contribution in [2.75, 3.05) is 14.2 Å². The molecule has 0 fully saturated rings. The van der Waals surface area contributed by atoms with Crippen molar-refractivity contribution in [2.24, 2.45) is 0 Å². The lowest BCUT2D eigenvalue weighted by Crippen LogP contribution is -2.35. The molecule has 1 atom stereocenters. The van der Waals surface area contributed by atoms with Crippen LogP contribution < -0.4 is 15.0 Å². The molecular weight excluding hydrogens is 554 g/mol. The predicted octanol–water partition coefficient (Wildman–Crippen LogP) is 4.96. The summed E-state index contributed by atoms with van der Waals surface area (Å²) in [4.78, 5) is 23.5. The van der Waals surface area contributed by atoms with Gasteiger partial charge >= 0.3 is 0 Å². The highest BCUT2D eigenvalue weighted by molar-refractivity contribution is 5.80. The third-order valence-corrected chi connectivity index (χ3v) is 7.65. The van der Waals surface area contributed by atoms with Gasteiger partial charge in [0.2, 0.25) is 0 Å². The molecular formula is C34H33N7O3. The number of tetrazole rings is 1. The normalized spacial score (nSPS) is 12.0. The molecule has 0 radical (unpaired) electrons. The highest BCUT2D eigenvalue weighted by atomic mass is 16.5. The monoisotopic (exact) mass is 587 g/mol. The van der Waals surface area contributed by atoms with Crippen LogP contribution in [0.1, 0.15) is 34.1 Å². The summed E-state index contributed by atoms with van der Waals surface area (Å²) in [5.41, 5.74) is 4.24. The molecule has 0 unspecified atom stereocenters. The van der Waals surface area contributed by atoms with Crippen LogP contribution in [0.4, 0.5) is 0 Å². The van der Waals surface area contributed by atoms with E-state index >= 15 is 0 Å². The van der Waals surface area contributed by atoms with Gasteiger partial charge < -0.3 is 14.5 Å². The minimum atomic E-state index is -0.595. The number of rotatable bonds is 12. The zero-order valence-electron chi connectivity index (χ0n) is 24.6. The second-order valence-electron chi connectivity index (χ2n) is 10.5. The van der Waals surface area contributed by atoms with Gasteiger partial charge in [-0.2, -0.15) is 0 Å². The molecule has 10 heteroatoms. The Morgan fingerprint density at radius 3 is 2.34 bits per heavy atom. The second-order valence-corrected chi connectivity index (χ2v) is 10.5. The zero-order valence-corrected chi connectivity index (χ0v) is 24.6. The van der Waals surface area contributed by atoms with Gasteiger partial charge in [-0.1, -0.05) is 48.5 Å². The fraction of sp³-hybridized carbons (Fsp3) is 0.206. The molecule has 0 saturated carbocycles. The molecule has 44 heavy (non-hydrogen) atoms. The van der Waals surface area contributed by atoms with Crippen LogP contribution in [0, 0.1) is 0 Å². The smallest absolute Gasteiger partial charge is 0.253 e. The van der Waals surface area contributed by atoms with Crippen LogP contribution in [0.3, 0.4) is 0 Å². The number of pyridine rings is 2. The standard InChI is InChI=1S/C34H33N7O3/c1-43-28-12-10-25(11-13-28)22-40(23-26-9-6-17-35-21-26)32(30-20-27-19-29(44-2)14-15-31(27)36-34(30)42)33-37-38-39-41(33)18-16-24-7-4-3-5-8-24/h3-15,17,19-21,32H,16,18,22-23H2,1-2H3,(H,36,42)/t32-/m1/s1. The lowest BCUT2D eigenvalue weighted by molar-refractivity contribution is 0.193. The molecule has 10 nitrogen and oxygen atoms in total. The van der Waals surface area contributed by atoms with E-state index in [-0.39, 0.29) is 5.56 Å². The second kappa shape index (κ2) is 13.3. The van der Waals surface area contributed by atoms with Gasteiger partial charge in [0, 0.05) is 48.5 Å². The van der Waals surface area contributed by atoms with Crippen LogP contribution in [-0.2, 0) is 26.1 Å². The molecule has 0 aliphatic carbocycles. The summed E-state index contributed by atoms with van der Waals surface area (Å²) in [7, 11) is 3.28. The van der Waals surface area contributed by atoms with Crippen molar-refractivity contribution < 1.29 is 9.47 Å². The molecule has 0 bridgehead atoms. The molecule has 0 amide bonds. The van der Waals surface area contributed by atoms with Crippen molar-refractivity contribution in [3.8, 4) is 11.5 Å². The first-order valence-corrected chi connectivity index (χ1v) is 14.4. The summed E-state index contributed by atoms with van der Waals surface area (Å²) in [5, 5.41) is 13.9. The van der Waals surface area contributed by atoms with E-state index in [9.17, 15) is 4.79 Å². The van der Waals surface area contributed by atoms with Gasteiger partial charge in [0.15, 0.2) is 5.82 Å². The fourth-order valence-corrected chi connectivity index (χ4v) is 5.41. The number of methoxy groups -OCH3 is 2. The Bertz CT molecular complexity index is 1870. The summed E-state index contributed by atoms with van der Waals surface area (Å²) in [6.07, 6.45) is 4.32. The lowest BCUT2D eigenvalue weighted by Gasteiger charge is -2.31. The van der Waals surface area contributed by atoms with Crippen molar-refractivity contribution >= 4 is 10.9 Å². The third kappa shape index (κ3) is 6.50. The minimum Gasteiger partial charge on any atom is -0.497 e. The van der Waals surface area contributed by atoms with E-state index in [2.05, 4.69) is 42.5 Å². The molecule has 6 aromatic rings. The number of aromatic nitrogens is 6. The van der Waals surface area contributed by atoms with E-state index in [1.165, 1.54) is 5.56 Å². The van der Waals surface area contributed by atoms with Gasteiger partial charge in [0.25, 0.3) is 5.56 Å². The van der Waals surface area contributed by atoms with Crippen LogP contribution in [0.5, 0.6) is 11.5 Å². The van der Waals surface area contributed by atoms with Crippen LogP contribution in [-0.4, -0.2) is 49.3 Å². The van der Waals surface area contributed by atoms with E-state index in [1.807, 2.05) is 85.1 Å². The summed E-state index contributed by atoms with van der Waals surface area (Å²) in [5.74, 6) is 2.05. The summed E-state index contributed by atoms with van der Waals surface area (Å²) < 4.78 is 12.7. The zero-order chi connectivity index (χ0) is 30.3. The van der Waals surface area contributed by atoms with E-state index < -0.39 is 6.04 Å². The molecule has 0 saturated heterocycles. The summed E-state index contributed by atoms with van der Waals surface area (Å²) in [6.45, 7) is 1.54. The molecule has 6 rings (SSSR count).